The van der Waals surface area contributed by atoms with E-state index in [-0.39, 0.29) is 0 Å². The van der Waals surface area contributed by atoms with E-state index in [1.54, 1.807) is 18.7 Å². The van der Waals surface area contributed by atoms with Gasteiger partial charge in [-0.1, -0.05) is 15.9 Å². The highest BCUT2D eigenvalue weighted by Crippen LogP contribution is 2.29. The van der Waals surface area contributed by atoms with Gasteiger partial charge in [-0.15, -0.1) is 0 Å². The van der Waals surface area contributed by atoms with Crippen LogP contribution in [0, 0.1) is 12.8 Å². The minimum atomic E-state index is 0.521. The Bertz CT molecular complexity index is 911. The molecule has 3 heterocycles. The standard InChI is InChI=1S/C19H20BrN5O/c1-13-19(22-7-6-21-13)26-11-14-4-8-25(9-5-14)18-16-10-15(20)2-3-17(16)23-12-24-18/h2-3,6-7,10,12,14H,4-5,8-9,11H2,1H3. The first-order valence-electron chi connectivity index (χ1n) is 8.76. The third-order valence-electron chi connectivity index (χ3n) is 4.78. The van der Waals surface area contributed by atoms with Crippen molar-refractivity contribution in [3.63, 3.8) is 0 Å². The maximum absolute atomic E-state index is 5.88. The topological polar surface area (TPSA) is 64.0 Å². The number of aromatic nitrogens is 4. The molecule has 0 aliphatic carbocycles. The van der Waals surface area contributed by atoms with Crippen LogP contribution in [0.1, 0.15) is 18.5 Å². The Balaban J connectivity index is 1.41. The van der Waals surface area contributed by atoms with Gasteiger partial charge < -0.3 is 9.64 Å². The van der Waals surface area contributed by atoms with Gasteiger partial charge in [-0.2, -0.15) is 0 Å². The Morgan fingerprint density at radius 2 is 1.92 bits per heavy atom. The molecule has 0 saturated carbocycles. The van der Waals surface area contributed by atoms with E-state index in [1.165, 1.54) is 0 Å². The number of nitrogens with zero attached hydrogens (tertiary/aromatic N) is 5. The lowest BCUT2D eigenvalue weighted by Crippen LogP contribution is -2.36. The van der Waals surface area contributed by atoms with Crippen molar-refractivity contribution in [1.29, 1.82) is 0 Å². The van der Waals surface area contributed by atoms with Crippen LogP contribution in [0.25, 0.3) is 10.9 Å². The van der Waals surface area contributed by atoms with Gasteiger partial charge in [0, 0.05) is 35.3 Å². The smallest absolute Gasteiger partial charge is 0.235 e. The van der Waals surface area contributed by atoms with E-state index in [0.29, 0.717) is 18.4 Å². The maximum Gasteiger partial charge on any atom is 0.235 e. The van der Waals surface area contributed by atoms with Crippen LogP contribution in [-0.2, 0) is 0 Å². The highest BCUT2D eigenvalue weighted by atomic mass is 79.9. The van der Waals surface area contributed by atoms with Gasteiger partial charge in [0.2, 0.25) is 5.88 Å². The summed E-state index contributed by atoms with van der Waals surface area (Å²) in [4.78, 5) is 19.7. The highest BCUT2D eigenvalue weighted by Gasteiger charge is 2.22. The molecule has 7 heteroatoms. The Labute approximate surface area is 160 Å². The van der Waals surface area contributed by atoms with Crippen LogP contribution in [0.15, 0.2) is 41.4 Å². The molecule has 0 radical (unpaired) electrons. The lowest BCUT2D eigenvalue weighted by atomic mass is 9.97. The predicted octanol–water partition coefficient (Wildman–Crippen LogP) is 3.79. The number of rotatable bonds is 4. The van der Waals surface area contributed by atoms with Crippen molar-refractivity contribution in [2.24, 2.45) is 5.92 Å². The third-order valence-corrected chi connectivity index (χ3v) is 5.28. The summed E-state index contributed by atoms with van der Waals surface area (Å²) >= 11 is 3.55. The van der Waals surface area contributed by atoms with Crippen LogP contribution in [0.2, 0.25) is 0 Å². The molecule has 0 unspecified atom stereocenters. The van der Waals surface area contributed by atoms with E-state index in [2.05, 4.69) is 46.8 Å². The summed E-state index contributed by atoms with van der Waals surface area (Å²) in [5.41, 5.74) is 1.81. The lowest BCUT2D eigenvalue weighted by molar-refractivity contribution is 0.214. The average Bonchev–Trinajstić information content (AvgIpc) is 2.67. The molecule has 4 rings (SSSR count). The van der Waals surface area contributed by atoms with Gasteiger partial charge >= 0.3 is 0 Å². The fourth-order valence-corrected chi connectivity index (χ4v) is 3.67. The molecule has 3 aromatic rings. The van der Waals surface area contributed by atoms with Gasteiger partial charge in [-0.3, -0.25) is 4.98 Å². The van der Waals surface area contributed by atoms with Crippen LogP contribution in [-0.4, -0.2) is 39.6 Å². The van der Waals surface area contributed by atoms with E-state index in [0.717, 1.165) is 52.8 Å². The van der Waals surface area contributed by atoms with E-state index in [1.807, 2.05) is 19.1 Å². The van der Waals surface area contributed by atoms with Crippen molar-refractivity contribution in [3.05, 3.63) is 47.1 Å². The molecule has 2 aromatic heterocycles. The van der Waals surface area contributed by atoms with Crippen LogP contribution in [0.4, 0.5) is 5.82 Å². The first kappa shape index (κ1) is 17.1. The normalized spacial score (nSPS) is 15.4. The maximum atomic E-state index is 5.88. The van der Waals surface area contributed by atoms with Crippen molar-refractivity contribution < 1.29 is 4.74 Å². The van der Waals surface area contributed by atoms with Crippen molar-refractivity contribution in [1.82, 2.24) is 19.9 Å². The van der Waals surface area contributed by atoms with Gasteiger partial charge in [0.15, 0.2) is 0 Å². The number of ether oxygens (including phenoxy) is 1. The minimum absolute atomic E-state index is 0.521. The fraction of sp³-hybridized carbons (Fsp3) is 0.368. The molecule has 1 aliphatic heterocycles. The molecule has 0 spiro atoms. The summed E-state index contributed by atoms with van der Waals surface area (Å²) in [6.07, 6.45) is 7.14. The molecule has 1 fully saturated rings. The highest BCUT2D eigenvalue weighted by molar-refractivity contribution is 9.10. The van der Waals surface area contributed by atoms with E-state index >= 15 is 0 Å². The van der Waals surface area contributed by atoms with Crippen LogP contribution >= 0.6 is 15.9 Å². The second-order valence-corrected chi connectivity index (χ2v) is 7.46. The monoisotopic (exact) mass is 413 g/mol. The summed E-state index contributed by atoms with van der Waals surface area (Å²) in [5, 5.41) is 1.09. The zero-order valence-corrected chi connectivity index (χ0v) is 16.2. The molecule has 26 heavy (non-hydrogen) atoms. The van der Waals surface area contributed by atoms with E-state index in [4.69, 9.17) is 4.74 Å². The third kappa shape index (κ3) is 3.62. The van der Waals surface area contributed by atoms with Crippen LogP contribution < -0.4 is 9.64 Å². The zero-order chi connectivity index (χ0) is 17.9. The zero-order valence-electron chi connectivity index (χ0n) is 14.6. The number of fused-ring (bicyclic) bond motifs is 1. The molecule has 0 bridgehead atoms. The molecule has 134 valence electrons. The number of aryl methyl sites for hydroxylation is 1. The predicted molar refractivity (Wildman–Crippen MR) is 104 cm³/mol. The molecule has 1 aromatic carbocycles. The number of benzene rings is 1. The number of halogens is 1. The van der Waals surface area contributed by atoms with Crippen molar-refractivity contribution in [2.45, 2.75) is 19.8 Å². The average molecular weight is 414 g/mol. The Kier molecular flexibility index (Phi) is 4.97. The van der Waals surface area contributed by atoms with Gasteiger partial charge in [0.25, 0.3) is 0 Å². The Morgan fingerprint density at radius 3 is 2.73 bits per heavy atom. The summed E-state index contributed by atoms with van der Waals surface area (Å²) < 4.78 is 6.92. The molecular formula is C19H20BrN5O. The molecule has 1 aliphatic rings. The number of hydrogen-bond acceptors (Lipinski definition) is 6. The minimum Gasteiger partial charge on any atom is -0.476 e. The molecule has 1 saturated heterocycles. The van der Waals surface area contributed by atoms with E-state index < -0.39 is 0 Å². The second kappa shape index (κ2) is 7.53. The van der Waals surface area contributed by atoms with Gasteiger partial charge in [-0.25, -0.2) is 15.0 Å². The quantitative estimate of drug-likeness (QED) is 0.648. The van der Waals surface area contributed by atoms with Crippen molar-refractivity contribution >= 4 is 32.7 Å². The molecule has 0 amide bonds. The summed E-state index contributed by atoms with van der Waals surface area (Å²) in [6.45, 7) is 4.53. The van der Waals surface area contributed by atoms with Gasteiger partial charge in [-0.05, 0) is 43.9 Å². The summed E-state index contributed by atoms with van der Waals surface area (Å²) in [5.74, 6) is 2.18. The van der Waals surface area contributed by atoms with Crippen LogP contribution in [0.5, 0.6) is 5.88 Å². The van der Waals surface area contributed by atoms with Crippen LogP contribution in [0.3, 0.4) is 0 Å². The molecule has 6 nitrogen and oxygen atoms in total. The summed E-state index contributed by atoms with van der Waals surface area (Å²) in [6, 6.07) is 6.13. The SMILES string of the molecule is Cc1nccnc1OCC1CCN(c2ncnc3ccc(Br)cc23)CC1. The first-order chi connectivity index (χ1) is 12.7. The lowest BCUT2D eigenvalue weighted by Gasteiger charge is -2.33. The van der Waals surface area contributed by atoms with E-state index in [9.17, 15) is 0 Å². The van der Waals surface area contributed by atoms with Gasteiger partial charge in [0.1, 0.15) is 12.1 Å². The Hall–Kier alpha value is -2.28. The number of anilines is 1. The summed E-state index contributed by atoms with van der Waals surface area (Å²) in [7, 11) is 0. The number of hydrogen-bond donors (Lipinski definition) is 0. The van der Waals surface area contributed by atoms with Crippen molar-refractivity contribution in [3.8, 4) is 5.88 Å². The first-order valence-corrected chi connectivity index (χ1v) is 9.55. The molecule has 0 atom stereocenters. The second-order valence-electron chi connectivity index (χ2n) is 6.55. The van der Waals surface area contributed by atoms with Crippen molar-refractivity contribution in [2.75, 3.05) is 24.6 Å². The molecular weight excluding hydrogens is 394 g/mol. The van der Waals surface area contributed by atoms with Gasteiger partial charge in [0.05, 0.1) is 17.8 Å². The largest absolute Gasteiger partial charge is 0.476 e. The molecule has 0 N–H and O–H groups in total. The fourth-order valence-electron chi connectivity index (χ4n) is 3.31. The number of piperidine rings is 1. The Morgan fingerprint density at radius 1 is 1.12 bits per heavy atom.